The minimum atomic E-state index is -0.178. The smallest absolute Gasteiger partial charge is 0.293 e. The second kappa shape index (κ2) is 9.31. The summed E-state index contributed by atoms with van der Waals surface area (Å²) in [6.45, 7) is 5.47. The molecule has 1 aliphatic carbocycles. The Morgan fingerprint density at radius 2 is 1.78 bits per heavy atom. The first-order valence-electron chi connectivity index (χ1n) is 9.77. The lowest BCUT2D eigenvalue weighted by molar-refractivity contribution is -0.123. The van der Waals surface area contributed by atoms with Crippen LogP contribution in [0.2, 0.25) is 0 Å². The summed E-state index contributed by atoms with van der Waals surface area (Å²) in [7, 11) is 0. The van der Waals surface area contributed by atoms with Crippen LogP contribution in [0.4, 0.5) is 4.79 Å². The summed E-state index contributed by atoms with van der Waals surface area (Å²) < 4.78 is 11.2. The number of carbonyl (C=O) groups is 2. The number of ether oxygens (including phenoxy) is 2. The average molecular weight is 390 g/mol. The molecule has 5 nitrogen and oxygen atoms in total. The Kier molecular flexibility index (Phi) is 6.83. The van der Waals surface area contributed by atoms with Gasteiger partial charge in [0.25, 0.3) is 11.1 Å². The van der Waals surface area contributed by atoms with E-state index in [1.54, 1.807) is 6.08 Å². The van der Waals surface area contributed by atoms with E-state index < -0.39 is 0 Å². The standard InChI is InChI=1S/C21H27NO4S/c1-3-25-17-11-10-16(12-18(17)26-4-2)13-19-20(23)22(21(24)27-19)14-15-8-6-5-7-9-15/h10-13,15H,3-9,14H2,1-2H3/b19-13+. The van der Waals surface area contributed by atoms with Gasteiger partial charge in [0.15, 0.2) is 11.5 Å². The van der Waals surface area contributed by atoms with Crippen LogP contribution in [0.25, 0.3) is 6.08 Å². The van der Waals surface area contributed by atoms with Crippen molar-refractivity contribution in [2.24, 2.45) is 5.92 Å². The zero-order valence-electron chi connectivity index (χ0n) is 16.0. The zero-order chi connectivity index (χ0) is 19.2. The molecular formula is C21H27NO4S. The van der Waals surface area contributed by atoms with Crippen molar-refractivity contribution in [1.29, 1.82) is 0 Å². The number of hydrogen-bond donors (Lipinski definition) is 0. The number of nitrogens with zero attached hydrogens (tertiary/aromatic N) is 1. The molecule has 1 saturated heterocycles. The van der Waals surface area contributed by atoms with E-state index in [4.69, 9.17) is 9.47 Å². The SMILES string of the molecule is CCOc1ccc(/C=C2/SC(=O)N(CC3CCCCC3)C2=O)cc1OCC. The van der Waals surface area contributed by atoms with E-state index in [-0.39, 0.29) is 11.1 Å². The molecule has 27 heavy (non-hydrogen) atoms. The highest BCUT2D eigenvalue weighted by atomic mass is 32.2. The van der Waals surface area contributed by atoms with Crippen LogP contribution < -0.4 is 9.47 Å². The fraction of sp³-hybridized carbons (Fsp3) is 0.524. The maximum absolute atomic E-state index is 12.7. The van der Waals surface area contributed by atoms with E-state index >= 15 is 0 Å². The van der Waals surface area contributed by atoms with Crippen molar-refractivity contribution in [3.8, 4) is 11.5 Å². The molecule has 1 heterocycles. The molecule has 0 unspecified atom stereocenters. The molecule has 3 rings (SSSR count). The van der Waals surface area contributed by atoms with Crippen molar-refractivity contribution >= 4 is 29.0 Å². The Morgan fingerprint density at radius 1 is 1.07 bits per heavy atom. The second-order valence-electron chi connectivity index (χ2n) is 6.87. The van der Waals surface area contributed by atoms with Crippen LogP contribution in [0, 0.1) is 5.92 Å². The normalized spacial score (nSPS) is 19.8. The van der Waals surface area contributed by atoms with Gasteiger partial charge in [-0.2, -0.15) is 0 Å². The molecule has 1 aromatic carbocycles. The fourth-order valence-corrected chi connectivity index (χ4v) is 4.44. The molecule has 2 amide bonds. The van der Waals surface area contributed by atoms with E-state index in [2.05, 4.69) is 0 Å². The third kappa shape index (κ3) is 4.86. The van der Waals surface area contributed by atoms with Crippen molar-refractivity contribution in [2.75, 3.05) is 19.8 Å². The largest absolute Gasteiger partial charge is 0.490 e. The van der Waals surface area contributed by atoms with Gasteiger partial charge in [0.2, 0.25) is 0 Å². The quantitative estimate of drug-likeness (QED) is 0.607. The highest BCUT2D eigenvalue weighted by Gasteiger charge is 2.36. The predicted octanol–water partition coefficient (Wildman–Crippen LogP) is 5.10. The Bertz CT molecular complexity index is 725. The topological polar surface area (TPSA) is 55.8 Å². The van der Waals surface area contributed by atoms with Gasteiger partial charge in [0.1, 0.15) is 0 Å². The van der Waals surface area contributed by atoms with Gasteiger partial charge in [-0.05, 0) is 68.1 Å². The van der Waals surface area contributed by atoms with Gasteiger partial charge >= 0.3 is 0 Å². The van der Waals surface area contributed by atoms with Gasteiger partial charge in [0.05, 0.1) is 18.1 Å². The van der Waals surface area contributed by atoms with Crippen molar-refractivity contribution in [1.82, 2.24) is 4.90 Å². The summed E-state index contributed by atoms with van der Waals surface area (Å²) in [4.78, 5) is 27.0. The Hall–Kier alpha value is -1.95. The van der Waals surface area contributed by atoms with Crippen molar-refractivity contribution in [3.05, 3.63) is 28.7 Å². The van der Waals surface area contributed by atoms with Crippen molar-refractivity contribution in [3.63, 3.8) is 0 Å². The summed E-state index contributed by atoms with van der Waals surface area (Å²) in [5.41, 5.74) is 0.824. The molecule has 1 aliphatic heterocycles. The lowest BCUT2D eigenvalue weighted by Gasteiger charge is -2.25. The predicted molar refractivity (Wildman–Crippen MR) is 108 cm³/mol. The lowest BCUT2D eigenvalue weighted by Crippen LogP contribution is -2.34. The first kappa shape index (κ1) is 19.8. The Labute approximate surface area is 165 Å². The minimum Gasteiger partial charge on any atom is -0.490 e. The summed E-state index contributed by atoms with van der Waals surface area (Å²) in [6, 6.07) is 5.57. The number of amides is 2. The molecule has 2 aliphatic rings. The maximum Gasteiger partial charge on any atom is 0.293 e. The molecule has 0 atom stereocenters. The van der Waals surface area contributed by atoms with E-state index in [0.29, 0.717) is 42.1 Å². The molecule has 1 aromatic rings. The monoisotopic (exact) mass is 389 g/mol. The van der Waals surface area contributed by atoms with Gasteiger partial charge in [-0.25, -0.2) is 0 Å². The molecule has 0 spiro atoms. The molecule has 146 valence electrons. The van der Waals surface area contributed by atoms with Crippen molar-refractivity contribution in [2.45, 2.75) is 46.0 Å². The number of thioether (sulfide) groups is 1. The minimum absolute atomic E-state index is 0.159. The first-order valence-corrected chi connectivity index (χ1v) is 10.6. The van der Waals surface area contributed by atoms with E-state index in [9.17, 15) is 9.59 Å². The lowest BCUT2D eigenvalue weighted by atomic mass is 9.89. The summed E-state index contributed by atoms with van der Waals surface area (Å²) in [5, 5.41) is -0.159. The number of carbonyl (C=O) groups excluding carboxylic acids is 2. The van der Waals surface area contributed by atoms with Gasteiger partial charge < -0.3 is 9.47 Å². The third-order valence-electron chi connectivity index (χ3n) is 4.90. The maximum atomic E-state index is 12.7. The van der Waals surface area contributed by atoms with Crippen LogP contribution in [0.1, 0.15) is 51.5 Å². The third-order valence-corrected chi connectivity index (χ3v) is 5.81. The van der Waals surface area contributed by atoms with Crippen LogP contribution in [0.3, 0.4) is 0 Å². The van der Waals surface area contributed by atoms with Crippen LogP contribution in [-0.2, 0) is 4.79 Å². The first-order chi connectivity index (χ1) is 13.1. The summed E-state index contributed by atoms with van der Waals surface area (Å²) in [6.07, 6.45) is 7.64. The fourth-order valence-electron chi connectivity index (χ4n) is 3.59. The number of rotatable bonds is 7. The molecule has 1 saturated carbocycles. The van der Waals surface area contributed by atoms with Gasteiger partial charge in [-0.15, -0.1) is 0 Å². The number of benzene rings is 1. The van der Waals surface area contributed by atoms with Crippen LogP contribution in [-0.4, -0.2) is 35.8 Å². The molecule has 2 fully saturated rings. The van der Waals surface area contributed by atoms with E-state index in [1.165, 1.54) is 24.2 Å². The molecule has 0 N–H and O–H groups in total. The highest BCUT2D eigenvalue weighted by Crippen LogP contribution is 2.36. The van der Waals surface area contributed by atoms with Gasteiger partial charge in [-0.1, -0.05) is 25.3 Å². The van der Waals surface area contributed by atoms with Crippen LogP contribution in [0.15, 0.2) is 23.1 Å². The van der Waals surface area contributed by atoms with Crippen molar-refractivity contribution < 1.29 is 19.1 Å². The van der Waals surface area contributed by atoms with Gasteiger partial charge in [-0.3, -0.25) is 14.5 Å². The number of hydrogen-bond acceptors (Lipinski definition) is 5. The zero-order valence-corrected chi connectivity index (χ0v) is 16.8. The highest BCUT2D eigenvalue weighted by molar-refractivity contribution is 8.18. The second-order valence-corrected chi connectivity index (χ2v) is 7.86. The summed E-state index contributed by atoms with van der Waals surface area (Å²) >= 11 is 1.03. The number of imide groups is 1. The molecule has 0 aromatic heterocycles. The average Bonchev–Trinajstić information content (AvgIpc) is 2.92. The molecule has 6 heteroatoms. The molecular weight excluding hydrogens is 362 g/mol. The van der Waals surface area contributed by atoms with Gasteiger partial charge in [0, 0.05) is 6.54 Å². The molecule has 0 bridgehead atoms. The van der Waals surface area contributed by atoms with E-state index in [0.717, 1.165) is 30.2 Å². The van der Waals surface area contributed by atoms with Crippen LogP contribution in [0.5, 0.6) is 11.5 Å². The van der Waals surface area contributed by atoms with E-state index in [1.807, 2.05) is 32.0 Å². The molecule has 0 radical (unpaired) electrons. The Morgan fingerprint density at radius 3 is 2.48 bits per heavy atom. The van der Waals surface area contributed by atoms with Crippen LogP contribution >= 0.6 is 11.8 Å². The summed E-state index contributed by atoms with van der Waals surface area (Å²) in [5.74, 6) is 1.60. The Balaban J connectivity index is 1.75.